The van der Waals surface area contributed by atoms with Crippen LogP contribution < -0.4 is 5.32 Å². The maximum Gasteiger partial charge on any atom is 0.412 e. The van der Waals surface area contributed by atoms with Crippen molar-refractivity contribution in [2.45, 2.75) is 45.1 Å². The van der Waals surface area contributed by atoms with Crippen molar-refractivity contribution in [2.24, 2.45) is 0 Å². The first kappa shape index (κ1) is 18.3. The van der Waals surface area contributed by atoms with Gasteiger partial charge in [-0.3, -0.25) is 10.1 Å². The van der Waals surface area contributed by atoms with Crippen molar-refractivity contribution in [1.29, 1.82) is 0 Å². The number of nitrogens with one attached hydrogen (secondary N) is 1. The van der Waals surface area contributed by atoms with Crippen LogP contribution in [0.1, 0.15) is 39.7 Å². The summed E-state index contributed by atoms with van der Waals surface area (Å²) in [5.74, 6) is -0.244. The van der Waals surface area contributed by atoms with E-state index < -0.39 is 17.1 Å². The Morgan fingerprint density at radius 3 is 2.54 bits per heavy atom. The maximum absolute atomic E-state index is 11.9. The van der Waals surface area contributed by atoms with Crippen LogP contribution in [0.3, 0.4) is 0 Å². The number of anilines is 1. The van der Waals surface area contributed by atoms with Crippen molar-refractivity contribution >= 4 is 17.7 Å². The minimum Gasteiger partial charge on any atom is -0.466 e. The Hall–Kier alpha value is -2.08. The number of rotatable bonds is 5. The van der Waals surface area contributed by atoms with Crippen molar-refractivity contribution in [3.8, 4) is 0 Å². The van der Waals surface area contributed by atoms with E-state index in [1.165, 1.54) is 0 Å². The summed E-state index contributed by atoms with van der Waals surface area (Å²) in [5.41, 5.74) is 0.610. The Balaban J connectivity index is 2.11. The first-order chi connectivity index (χ1) is 11.2. The van der Waals surface area contributed by atoms with Crippen LogP contribution >= 0.6 is 0 Å². The molecule has 1 heterocycles. The van der Waals surface area contributed by atoms with Gasteiger partial charge in [-0.2, -0.15) is 0 Å². The average Bonchev–Trinajstić information content (AvgIpc) is 2.41. The summed E-state index contributed by atoms with van der Waals surface area (Å²) in [6.45, 7) is 8.49. The third-order valence-electron chi connectivity index (χ3n) is 3.66. The molecule has 132 valence electrons. The number of hydrogen-bond donors (Lipinski definition) is 1. The summed E-state index contributed by atoms with van der Waals surface area (Å²) >= 11 is 0. The number of carbonyl (C=O) groups excluding carboxylic acids is 2. The highest BCUT2D eigenvalue weighted by molar-refractivity contribution is 5.85. The van der Waals surface area contributed by atoms with Crippen LogP contribution in [0.5, 0.6) is 0 Å². The zero-order valence-electron chi connectivity index (χ0n) is 14.7. The van der Waals surface area contributed by atoms with Crippen LogP contribution in [0.4, 0.5) is 10.5 Å². The lowest BCUT2D eigenvalue weighted by Gasteiger charge is -2.41. The molecule has 1 saturated heterocycles. The molecule has 1 aliphatic heterocycles. The molecular weight excluding hydrogens is 310 g/mol. The molecular formula is C18H25NO5. The van der Waals surface area contributed by atoms with Gasteiger partial charge in [-0.1, -0.05) is 12.1 Å². The molecule has 0 radical (unpaired) electrons. The Kier molecular flexibility index (Phi) is 5.49. The van der Waals surface area contributed by atoms with Gasteiger partial charge >= 0.3 is 12.1 Å². The molecule has 0 bridgehead atoms. The smallest absolute Gasteiger partial charge is 0.412 e. The fourth-order valence-corrected chi connectivity index (χ4v) is 2.56. The molecule has 1 amide bonds. The van der Waals surface area contributed by atoms with E-state index in [9.17, 15) is 9.59 Å². The molecule has 2 rings (SSSR count). The van der Waals surface area contributed by atoms with E-state index in [2.05, 4.69) is 5.32 Å². The molecule has 1 aromatic rings. The third-order valence-corrected chi connectivity index (χ3v) is 3.66. The number of carbonyl (C=O) groups is 2. The number of hydrogen-bond acceptors (Lipinski definition) is 5. The summed E-state index contributed by atoms with van der Waals surface area (Å²) in [7, 11) is 0. The number of benzene rings is 1. The standard InChI is InChI=1S/C18H25NO5/c1-5-23-15(20)10-18(11-22-12-18)13-7-6-8-14(9-13)19-16(21)24-17(2,3)4/h6-9H,5,10-12H2,1-4H3,(H,19,21). The van der Waals surface area contributed by atoms with E-state index >= 15 is 0 Å². The van der Waals surface area contributed by atoms with E-state index in [1.54, 1.807) is 13.0 Å². The van der Waals surface area contributed by atoms with Crippen LogP contribution in [0.15, 0.2) is 24.3 Å². The van der Waals surface area contributed by atoms with E-state index in [1.807, 2.05) is 39.0 Å². The fourth-order valence-electron chi connectivity index (χ4n) is 2.56. The van der Waals surface area contributed by atoms with Gasteiger partial charge in [0.2, 0.25) is 0 Å². The first-order valence-electron chi connectivity index (χ1n) is 8.08. The molecule has 6 heteroatoms. The van der Waals surface area contributed by atoms with Crippen molar-refractivity contribution in [3.63, 3.8) is 0 Å². The predicted octanol–water partition coefficient (Wildman–Crippen LogP) is 3.25. The van der Waals surface area contributed by atoms with Crippen LogP contribution in [0.2, 0.25) is 0 Å². The third kappa shape index (κ3) is 4.71. The molecule has 1 aliphatic rings. The fraction of sp³-hybridized carbons (Fsp3) is 0.556. The van der Waals surface area contributed by atoms with Crippen molar-refractivity contribution in [1.82, 2.24) is 0 Å². The Morgan fingerprint density at radius 2 is 2.00 bits per heavy atom. The Bertz CT molecular complexity index is 602. The quantitative estimate of drug-likeness (QED) is 0.836. The number of amides is 1. The molecule has 0 spiro atoms. The summed E-state index contributed by atoms with van der Waals surface area (Å²) in [6.07, 6.45) is -0.250. The molecule has 1 N–H and O–H groups in total. The lowest BCUT2D eigenvalue weighted by molar-refractivity contribution is -0.151. The van der Waals surface area contributed by atoms with Crippen molar-refractivity contribution < 1.29 is 23.8 Å². The van der Waals surface area contributed by atoms with E-state index in [4.69, 9.17) is 14.2 Å². The van der Waals surface area contributed by atoms with Crippen LogP contribution in [-0.4, -0.2) is 37.5 Å². The second kappa shape index (κ2) is 7.21. The second-order valence-electron chi connectivity index (χ2n) is 6.96. The maximum atomic E-state index is 11.9. The summed E-state index contributed by atoms with van der Waals surface area (Å²) in [5, 5.41) is 2.72. The summed E-state index contributed by atoms with van der Waals surface area (Å²) in [4.78, 5) is 23.8. The lowest BCUT2D eigenvalue weighted by atomic mass is 9.76. The molecule has 0 unspecified atom stereocenters. The minimum absolute atomic E-state index is 0.244. The van der Waals surface area contributed by atoms with Crippen molar-refractivity contribution in [3.05, 3.63) is 29.8 Å². The second-order valence-corrected chi connectivity index (χ2v) is 6.96. The van der Waals surface area contributed by atoms with Gasteiger partial charge in [-0.15, -0.1) is 0 Å². The van der Waals surface area contributed by atoms with Crippen LogP contribution in [0, 0.1) is 0 Å². The van der Waals surface area contributed by atoms with Crippen LogP contribution in [0.25, 0.3) is 0 Å². The molecule has 0 atom stereocenters. The molecule has 1 aromatic carbocycles. The largest absolute Gasteiger partial charge is 0.466 e. The van der Waals surface area contributed by atoms with Crippen molar-refractivity contribution in [2.75, 3.05) is 25.1 Å². The highest BCUT2D eigenvalue weighted by Crippen LogP contribution is 2.37. The summed E-state index contributed by atoms with van der Waals surface area (Å²) in [6, 6.07) is 7.41. The molecule has 1 fully saturated rings. The Labute approximate surface area is 142 Å². The monoisotopic (exact) mass is 335 g/mol. The number of esters is 1. The normalized spacial score (nSPS) is 16.0. The number of ether oxygens (including phenoxy) is 3. The van der Waals surface area contributed by atoms with Gasteiger partial charge < -0.3 is 14.2 Å². The van der Waals surface area contributed by atoms with E-state index in [0.29, 0.717) is 25.5 Å². The molecule has 24 heavy (non-hydrogen) atoms. The predicted molar refractivity (Wildman–Crippen MR) is 90.0 cm³/mol. The highest BCUT2D eigenvalue weighted by Gasteiger charge is 2.42. The molecule has 0 saturated carbocycles. The lowest BCUT2D eigenvalue weighted by Crippen LogP contribution is -2.48. The zero-order chi connectivity index (χ0) is 17.8. The van der Waals surface area contributed by atoms with Gasteiger partial charge in [-0.05, 0) is 45.4 Å². The van der Waals surface area contributed by atoms with E-state index in [0.717, 1.165) is 5.56 Å². The van der Waals surface area contributed by atoms with Gasteiger partial charge in [0.15, 0.2) is 0 Å². The minimum atomic E-state index is -0.561. The zero-order valence-corrected chi connectivity index (χ0v) is 14.7. The topological polar surface area (TPSA) is 73.9 Å². The first-order valence-corrected chi connectivity index (χ1v) is 8.08. The van der Waals surface area contributed by atoms with Gasteiger partial charge in [0.25, 0.3) is 0 Å². The highest BCUT2D eigenvalue weighted by atomic mass is 16.6. The van der Waals surface area contributed by atoms with Gasteiger partial charge in [0, 0.05) is 5.69 Å². The molecule has 0 aliphatic carbocycles. The van der Waals surface area contributed by atoms with Gasteiger partial charge in [0.1, 0.15) is 5.60 Å². The Morgan fingerprint density at radius 1 is 1.29 bits per heavy atom. The van der Waals surface area contributed by atoms with E-state index in [-0.39, 0.29) is 12.4 Å². The average molecular weight is 335 g/mol. The molecule has 6 nitrogen and oxygen atoms in total. The molecule has 0 aromatic heterocycles. The van der Waals surface area contributed by atoms with Gasteiger partial charge in [-0.25, -0.2) is 4.79 Å². The van der Waals surface area contributed by atoms with Gasteiger partial charge in [0.05, 0.1) is 31.7 Å². The SMILES string of the molecule is CCOC(=O)CC1(c2cccc(NC(=O)OC(C)(C)C)c2)COC1. The van der Waals surface area contributed by atoms with Crippen LogP contribution in [-0.2, 0) is 24.4 Å². The summed E-state index contributed by atoms with van der Waals surface area (Å²) < 4.78 is 15.7.